The molecule has 2 aliphatic carbocycles. The van der Waals surface area contributed by atoms with Crippen LogP contribution in [0.2, 0.25) is 0 Å². The van der Waals surface area contributed by atoms with Crippen molar-refractivity contribution in [2.24, 2.45) is 11.0 Å². The Balaban J connectivity index is 1.53. The molecule has 5 aliphatic rings. The fourth-order valence-electron chi connectivity index (χ4n) is 5.36. The summed E-state index contributed by atoms with van der Waals surface area (Å²) in [4.78, 5) is 2.52. The molecule has 1 aromatic heterocycles. The molecule has 0 radical (unpaired) electrons. The van der Waals surface area contributed by atoms with Gasteiger partial charge in [0.1, 0.15) is 0 Å². The van der Waals surface area contributed by atoms with Crippen molar-refractivity contribution in [1.29, 1.82) is 0 Å². The molecule has 1 aromatic rings. The van der Waals surface area contributed by atoms with Gasteiger partial charge in [0.15, 0.2) is 0 Å². The van der Waals surface area contributed by atoms with Gasteiger partial charge in [0.25, 0.3) is 0 Å². The largest absolute Gasteiger partial charge is 0.372 e. The number of nitrogens with one attached hydrogen (secondary N) is 3. The summed E-state index contributed by atoms with van der Waals surface area (Å²) < 4.78 is 0. The first kappa shape index (κ1) is 15.5. The standard InChI is InChI=1S/C21H26N6/c1-12-15(10-22-25-12)20-14-6-3-2-5-13(14)19-16-11-23-26-17(16)9-18(21(19)24-20)27-7-4-8-27/h9-11,16-17,20,24,26H,2-8H2,1H3,(H,22,25). The molecule has 0 amide bonds. The minimum atomic E-state index is 0.241. The van der Waals surface area contributed by atoms with Crippen LogP contribution < -0.4 is 10.7 Å². The van der Waals surface area contributed by atoms with Crippen LogP contribution in [0, 0.1) is 12.8 Å². The van der Waals surface area contributed by atoms with Gasteiger partial charge >= 0.3 is 0 Å². The molecule has 4 heterocycles. The number of hydrogen-bond acceptors (Lipinski definition) is 5. The Morgan fingerprint density at radius 2 is 2.04 bits per heavy atom. The first-order valence-electron chi connectivity index (χ1n) is 10.3. The van der Waals surface area contributed by atoms with Crippen molar-refractivity contribution in [2.75, 3.05) is 13.1 Å². The Morgan fingerprint density at radius 3 is 2.81 bits per heavy atom. The molecule has 3 atom stereocenters. The van der Waals surface area contributed by atoms with Crippen molar-refractivity contribution in [1.82, 2.24) is 25.8 Å². The van der Waals surface area contributed by atoms with Crippen LogP contribution in [0.1, 0.15) is 49.4 Å². The number of rotatable bonds is 2. The van der Waals surface area contributed by atoms with Crippen LogP contribution in [0.4, 0.5) is 0 Å². The van der Waals surface area contributed by atoms with E-state index in [1.165, 1.54) is 60.3 Å². The number of aromatic nitrogens is 2. The second kappa shape index (κ2) is 5.75. The van der Waals surface area contributed by atoms with Crippen LogP contribution in [0.25, 0.3) is 0 Å². The van der Waals surface area contributed by atoms with Crippen molar-refractivity contribution in [3.05, 3.63) is 51.6 Å². The van der Waals surface area contributed by atoms with E-state index in [0.29, 0.717) is 12.0 Å². The molecule has 27 heavy (non-hydrogen) atoms. The lowest BCUT2D eigenvalue weighted by molar-refractivity contribution is 0.235. The van der Waals surface area contributed by atoms with Crippen molar-refractivity contribution >= 4 is 6.21 Å². The third-order valence-electron chi connectivity index (χ3n) is 6.89. The summed E-state index contributed by atoms with van der Waals surface area (Å²) in [7, 11) is 0. The number of dihydropyridines is 1. The number of H-pyrrole nitrogens is 1. The average Bonchev–Trinajstić information content (AvgIpc) is 3.28. The number of allylic oxidation sites excluding steroid dienone is 1. The zero-order valence-corrected chi connectivity index (χ0v) is 15.8. The van der Waals surface area contributed by atoms with Gasteiger partial charge in [-0.3, -0.25) is 5.10 Å². The zero-order valence-electron chi connectivity index (χ0n) is 15.8. The molecule has 0 bridgehead atoms. The SMILES string of the molecule is Cc1[nH]ncc1C1NC2=C(C3=C1CCCC3)C1C=NNC1C=C2N1CCC1. The number of nitrogens with zero attached hydrogens (tertiary/aromatic N) is 3. The summed E-state index contributed by atoms with van der Waals surface area (Å²) in [6.45, 7) is 4.45. The van der Waals surface area contributed by atoms with E-state index in [4.69, 9.17) is 0 Å². The van der Waals surface area contributed by atoms with Gasteiger partial charge in [-0.15, -0.1) is 0 Å². The van der Waals surface area contributed by atoms with Gasteiger partial charge in [-0.05, 0) is 61.8 Å². The third-order valence-corrected chi connectivity index (χ3v) is 6.89. The van der Waals surface area contributed by atoms with E-state index in [1.807, 2.05) is 6.20 Å². The fourth-order valence-corrected chi connectivity index (χ4v) is 5.36. The quantitative estimate of drug-likeness (QED) is 0.757. The van der Waals surface area contributed by atoms with Gasteiger partial charge < -0.3 is 15.6 Å². The Hall–Kier alpha value is -2.50. The van der Waals surface area contributed by atoms with E-state index >= 15 is 0 Å². The number of hydrazone groups is 1. The van der Waals surface area contributed by atoms with E-state index in [9.17, 15) is 0 Å². The molecular weight excluding hydrogens is 336 g/mol. The molecule has 3 aliphatic heterocycles. The van der Waals surface area contributed by atoms with Crippen molar-refractivity contribution < 1.29 is 0 Å². The maximum Gasteiger partial charge on any atom is 0.0767 e. The van der Waals surface area contributed by atoms with Gasteiger partial charge in [0, 0.05) is 36.5 Å². The minimum absolute atomic E-state index is 0.241. The van der Waals surface area contributed by atoms with E-state index in [2.05, 4.69) is 50.2 Å². The molecular formula is C21H26N6. The van der Waals surface area contributed by atoms with Gasteiger partial charge in [0.2, 0.25) is 0 Å². The van der Waals surface area contributed by atoms with Gasteiger partial charge in [-0.1, -0.05) is 0 Å². The van der Waals surface area contributed by atoms with Crippen LogP contribution in [-0.2, 0) is 0 Å². The molecule has 140 valence electrons. The molecule has 6 nitrogen and oxygen atoms in total. The van der Waals surface area contributed by atoms with E-state index < -0.39 is 0 Å². The van der Waals surface area contributed by atoms with Crippen LogP contribution in [0.5, 0.6) is 0 Å². The van der Waals surface area contributed by atoms with Gasteiger partial charge in [0.05, 0.1) is 29.7 Å². The van der Waals surface area contributed by atoms with Crippen molar-refractivity contribution in [2.45, 2.75) is 51.1 Å². The lowest BCUT2D eigenvalue weighted by Crippen LogP contribution is -2.46. The Morgan fingerprint density at radius 1 is 1.15 bits per heavy atom. The van der Waals surface area contributed by atoms with Crippen LogP contribution in [0.15, 0.2) is 45.5 Å². The first-order chi connectivity index (χ1) is 13.3. The molecule has 3 N–H and O–H groups in total. The van der Waals surface area contributed by atoms with E-state index in [-0.39, 0.29) is 6.04 Å². The van der Waals surface area contributed by atoms with Crippen molar-refractivity contribution in [3.63, 3.8) is 0 Å². The predicted octanol–water partition coefficient (Wildman–Crippen LogP) is 2.66. The lowest BCUT2D eigenvalue weighted by Gasteiger charge is -2.45. The Bertz CT molecular complexity index is 913. The van der Waals surface area contributed by atoms with Crippen LogP contribution >= 0.6 is 0 Å². The normalized spacial score (nSPS) is 31.5. The monoisotopic (exact) mass is 362 g/mol. The highest BCUT2D eigenvalue weighted by molar-refractivity contribution is 5.75. The number of likely N-dealkylation sites (tertiary alicyclic amines) is 1. The summed E-state index contributed by atoms with van der Waals surface area (Å²) >= 11 is 0. The average molecular weight is 362 g/mol. The van der Waals surface area contributed by atoms with Gasteiger partial charge in [-0.2, -0.15) is 10.2 Å². The second-order valence-corrected chi connectivity index (χ2v) is 8.38. The number of aryl methyl sites for hydroxylation is 1. The molecule has 0 saturated carbocycles. The summed E-state index contributed by atoms with van der Waals surface area (Å²) in [5.41, 5.74) is 13.2. The van der Waals surface area contributed by atoms with Gasteiger partial charge in [-0.25, -0.2) is 0 Å². The molecule has 0 spiro atoms. The summed E-state index contributed by atoms with van der Waals surface area (Å²) in [6, 6.07) is 0.536. The Labute approximate surface area is 159 Å². The van der Waals surface area contributed by atoms with Crippen LogP contribution in [0.3, 0.4) is 0 Å². The number of fused-ring (bicyclic) bond motifs is 3. The molecule has 3 unspecified atom stereocenters. The molecule has 6 rings (SSSR count). The summed E-state index contributed by atoms with van der Waals surface area (Å²) in [5, 5.41) is 15.9. The molecule has 0 aromatic carbocycles. The minimum Gasteiger partial charge on any atom is -0.372 e. The Kier molecular flexibility index (Phi) is 3.31. The number of hydrogen-bond donors (Lipinski definition) is 3. The molecule has 6 heteroatoms. The predicted molar refractivity (Wildman–Crippen MR) is 105 cm³/mol. The highest BCUT2D eigenvalue weighted by atomic mass is 15.3. The third kappa shape index (κ3) is 2.19. The molecule has 1 fully saturated rings. The maximum atomic E-state index is 4.44. The molecule has 1 saturated heterocycles. The van der Waals surface area contributed by atoms with E-state index in [0.717, 1.165) is 13.1 Å². The number of aromatic amines is 1. The highest BCUT2D eigenvalue weighted by Crippen LogP contribution is 2.48. The van der Waals surface area contributed by atoms with E-state index in [1.54, 1.807) is 11.1 Å². The topological polar surface area (TPSA) is 68.3 Å². The first-order valence-corrected chi connectivity index (χ1v) is 10.3. The highest BCUT2D eigenvalue weighted by Gasteiger charge is 2.43. The smallest absolute Gasteiger partial charge is 0.0767 e. The lowest BCUT2D eigenvalue weighted by atomic mass is 9.71. The zero-order chi connectivity index (χ0) is 18.0. The summed E-state index contributed by atoms with van der Waals surface area (Å²) in [5.74, 6) is 0.354. The fraction of sp³-hybridized carbons (Fsp3) is 0.524. The van der Waals surface area contributed by atoms with Crippen molar-refractivity contribution in [3.8, 4) is 0 Å². The van der Waals surface area contributed by atoms with Crippen LogP contribution in [-0.4, -0.2) is 40.4 Å². The second-order valence-electron chi connectivity index (χ2n) is 8.38. The maximum absolute atomic E-state index is 4.44. The summed E-state index contributed by atoms with van der Waals surface area (Å²) in [6.07, 6.45) is 12.8.